The first-order valence-electron chi connectivity index (χ1n) is 7.50. The molecule has 1 aliphatic carbocycles. The number of rotatable bonds is 5. The van der Waals surface area contributed by atoms with Gasteiger partial charge in [0, 0.05) is 17.8 Å². The molecule has 0 spiro atoms. The first kappa shape index (κ1) is 16.8. The van der Waals surface area contributed by atoms with Crippen LogP contribution in [0, 0.1) is 0 Å². The highest BCUT2D eigenvalue weighted by Gasteiger charge is 2.31. The molecular formula is C14H23ClN2O3S. The summed E-state index contributed by atoms with van der Waals surface area (Å²) in [6.45, 7) is 3.84. The second-order valence-electron chi connectivity index (χ2n) is 5.49. The van der Waals surface area contributed by atoms with Gasteiger partial charge in [-0.3, -0.25) is 4.68 Å². The van der Waals surface area contributed by atoms with E-state index >= 15 is 0 Å². The van der Waals surface area contributed by atoms with Crippen LogP contribution in [0.5, 0.6) is 0 Å². The molecule has 1 fully saturated rings. The van der Waals surface area contributed by atoms with Gasteiger partial charge in [-0.1, -0.05) is 13.8 Å². The van der Waals surface area contributed by atoms with Gasteiger partial charge in [0.2, 0.25) is 0 Å². The summed E-state index contributed by atoms with van der Waals surface area (Å²) in [6.07, 6.45) is 5.37. The van der Waals surface area contributed by atoms with E-state index in [2.05, 4.69) is 5.10 Å². The Kier molecular flexibility index (Phi) is 5.33. The van der Waals surface area contributed by atoms with Crippen molar-refractivity contribution in [2.45, 2.75) is 69.4 Å². The normalized spacial score (nSPS) is 23.4. The largest absolute Gasteiger partial charge is 0.381 e. The van der Waals surface area contributed by atoms with Crippen molar-refractivity contribution in [1.82, 2.24) is 9.78 Å². The minimum atomic E-state index is -3.77. The highest BCUT2D eigenvalue weighted by molar-refractivity contribution is 8.13. The molecule has 0 aliphatic heterocycles. The van der Waals surface area contributed by atoms with E-state index in [1.165, 1.54) is 0 Å². The summed E-state index contributed by atoms with van der Waals surface area (Å²) in [5, 5.41) is 4.56. The summed E-state index contributed by atoms with van der Waals surface area (Å²) in [4.78, 5) is 0.216. The van der Waals surface area contributed by atoms with Gasteiger partial charge < -0.3 is 4.74 Å². The van der Waals surface area contributed by atoms with Crippen molar-refractivity contribution in [3.8, 4) is 0 Å². The summed E-state index contributed by atoms with van der Waals surface area (Å²) in [5.41, 5.74) is 1.30. The Bertz CT molecular complexity index is 598. The fourth-order valence-electron chi connectivity index (χ4n) is 3.20. The quantitative estimate of drug-likeness (QED) is 0.776. The second kappa shape index (κ2) is 6.67. The van der Waals surface area contributed by atoms with E-state index in [-0.39, 0.29) is 17.0 Å². The number of hydrogen-bond acceptors (Lipinski definition) is 4. The molecule has 120 valence electrons. The zero-order valence-corrected chi connectivity index (χ0v) is 14.4. The fraction of sp³-hybridized carbons (Fsp3) is 0.786. The zero-order chi connectivity index (χ0) is 15.6. The van der Waals surface area contributed by atoms with E-state index in [9.17, 15) is 8.42 Å². The first-order valence-corrected chi connectivity index (χ1v) is 9.80. The Morgan fingerprint density at radius 2 is 2.05 bits per heavy atom. The predicted molar refractivity (Wildman–Crippen MR) is 82.3 cm³/mol. The molecule has 0 radical (unpaired) electrons. The van der Waals surface area contributed by atoms with Gasteiger partial charge in [-0.05, 0) is 38.5 Å². The number of ether oxygens (including phenoxy) is 1. The Morgan fingerprint density at radius 1 is 1.33 bits per heavy atom. The molecule has 0 N–H and O–H groups in total. The van der Waals surface area contributed by atoms with Crippen LogP contribution in [-0.4, -0.2) is 31.4 Å². The van der Waals surface area contributed by atoms with Crippen LogP contribution in [0.25, 0.3) is 0 Å². The van der Waals surface area contributed by atoms with Gasteiger partial charge in [0.1, 0.15) is 4.90 Å². The molecule has 0 saturated heterocycles. The Balaban J connectivity index is 2.47. The molecule has 1 aromatic heterocycles. The van der Waals surface area contributed by atoms with E-state index in [1.807, 2.05) is 18.5 Å². The van der Waals surface area contributed by atoms with Crippen LogP contribution in [0.4, 0.5) is 0 Å². The van der Waals surface area contributed by atoms with Gasteiger partial charge in [0.25, 0.3) is 9.05 Å². The molecule has 2 atom stereocenters. The maximum absolute atomic E-state index is 11.9. The molecule has 5 nitrogen and oxygen atoms in total. The lowest BCUT2D eigenvalue weighted by molar-refractivity contribution is 0.0502. The highest BCUT2D eigenvalue weighted by Crippen LogP contribution is 2.34. The zero-order valence-electron chi connectivity index (χ0n) is 12.8. The number of methoxy groups -OCH3 is 1. The van der Waals surface area contributed by atoms with Crippen LogP contribution in [0.2, 0.25) is 0 Å². The minimum absolute atomic E-state index is 0.191. The van der Waals surface area contributed by atoms with E-state index < -0.39 is 9.05 Å². The molecule has 1 aliphatic rings. The summed E-state index contributed by atoms with van der Waals surface area (Å²) in [5.74, 6) is 0. The van der Waals surface area contributed by atoms with Crippen LogP contribution in [-0.2, 0) is 26.6 Å². The number of aromatic nitrogens is 2. The topological polar surface area (TPSA) is 61.2 Å². The number of nitrogens with zero attached hydrogens (tertiary/aromatic N) is 2. The average Bonchev–Trinajstić information content (AvgIpc) is 2.86. The van der Waals surface area contributed by atoms with Gasteiger partial charge in [0.05, 0.1) is 23.5 Å². The van der Waals surface area contributed by atoms with E-state index in [4.69, 9.17) is 15.4 Å². The maximum Gasteiger partial charge on any atom is 0.264 e. The first-order chi connectivity index (χ1) is 9.92. The van der Waals surface area contributed by atoms with Gasteiger partial charge in [-0.15, -0.1) is 0 Å². The smallest absolute Gasteiger partial charge is 0.264 e. The van der Waals surface area contributed by atoms with Crippen molar-refractivity contribution in [2.24, 2.45) is 0 Å². The highest BCUT2D eigenvalue weighted by atomic mass is 35.7. The Labute approximate surface area is 131 Å². The van der Waals surface area contributed by atoms with Crippen LogP contribution < -0.4 is 0 Å². The number of aryl methyl sites for hydroxylation is 1. The summed E-state index contributed by atoms with van der Waals surface area (Å²) in [7, 11) is 3.59. The molecular weight excluding hydrogens is 312 g/mol. The Morgan fingerprint density at radius 3 is 2.57 bits per heavy atom. The number of halogens is 1. The standard InChI is InChI=1S/C14H23ClN2O3S/c1-4-12-14(21(15,18)19)13(5-2)17(16-12)10-7-6-8-11(9-10)20-3/h10-11H,4-9H2,1-3H3. The molecule has 0 aromatic carbocycles. The lowest BCUT2D eigenvalue weighted by Gasteiger charge is -2.29. The molecule has 7 heteroatoms. The van der Waals surface area contributed by atoms with Crippen molar-refractivity contribution in [2.75, 3.05) is 7.11 Å². The van der Waals surface area contributed by atoms with Crippen molar-refractivity contribution in [3.05, 3.63) is 11.4 Å². The molecule has 1 aromatic rings. The lowest BCUT2D eigenvalue weighted by Crippen LogP contribution is -2.26. The van der Waals surface area contributed by atoms with Gasteiger partial charge in [-0.2, -0.15) is 5.10 Å². The van der Waals surface area contributed by atoms with Crippen molar-refractivity contribution >= 4 is 19.7 Å². The van der Waals surface area contributed by atoms with Gasteiger partial charge in [-0.25, -0.2) is 8.42 Å². The van der Waals surface area contributed by atoms with E-state index in [1.54, 1.807) is 7.11 Å². The van der Waals surface area contributed by atoms with E-state index in [0.29, 0.717) is 18.5 Å². The number of hydrogen-bond donors (Lipinski definition) is 0. The van der Waals surface area contributed by atoms with Gasteiger partial charge in [0.15, 0.2) is 0 Å². The van der Waals surface area contributed by atoms with Crippen LogP contribution in [0.15, 0.2) is 4.90 Å². The summed E-state index contributed by atoms with van der Waals surface area (Å²) < 4.78 is 31.1. The van der Waals surface area contributed by atoms with Crippen LogP contribution in [0.3, 0.4) is 0 Å². The Hall–Kier alpha value is -0.590. The third-order valence-corrected chi connectivity index (χ3v) is 5.64. The summed E-state index contributed by atoms with van der Waals surface area (Å²) >= 11 is 0. The molecule has 1 heterocycles. The van der Waals surface area contributed by atoms with Crippen LogP contribution >= 0.6 is 10.7 Å². The van der Waals surface area contributed by atoms with Gasteiger partial charge >= 0.3 is 0 Å². The predicted octanol–water partition coefficient (Wildman–Crippen LogP) is 3.07. The average molecular weight is 335 g/mol. The molecule has 2 unspecified atom stereocenters. The van der Waals surface area contributed by atoms with Crippen molar-refractivity contribution in [3.63, 3.8) is 0 Å². The minimum Gasteiger partial charge on any atom is -0.381 e. The third-order valence-electron chi connectivity index (χ3n) is 4.22. The van der Waals surface area contributed by atoms with Crippen molar-refractivity contribution in [1.29, 1.82) is 0 Å². The second-order valence-corrected chi connectivity index (χ2v) is 7.99. The molecule has 1 saturated carbocycles. The fourth-order valence-corrected chi connectivity index (χ4v) is 4.72. The van der Waals surface area contributed by atoms with Crippen molar-refractivity contribution < 1.29 is 13.2 Å². The monoisotopic (exact) mass is 334 g/mol. The molecule has 0 bridgehead atoms. The van der Waals surface area contributed by atoms with E-state index in [0.717, 1.165) is 31.4 Å². The third kappa shape index (κ3) is 3.43. The van der Waals surface area contributed by atoms with Crippen LogP contribution in [0.1, 0.15) is 57.0 Å². The lowest BCUT2D eigenvalue weighted by atomic mass is 9.93. The SMILES string of the molecule is CCc1nn(C2CCCC(OC)C2)c(CC)c1S(=O)(=O)Cl. The molecule has 0 amide bonds. The molecule has 21 heavy (non-hydrogen) atoms. The summed E-state index contributed by atoms with van der Waals surface area (Å²) in [6, 6.07) is 0.191. The molecule has 2 rings (SSSR count). The maximum atomic E-state index is 11.9.